The van der Waals surface area contributed by atoms with Gasteiger partial charge in [-0.25, -0.2) is 0 Å². The molecule has 0 aliphatic carbocycles. The standard InChI is InChI=1S/C13H13Br2NS/c1-8-2-3-9(14)6-11(8)12(16)7-10-4-5-13(15)17-10/h2-6,12H,7,16H2,1H3. The molecule has 1 atom stereocenters. The molecule has 1 unspecified atom stereocenters. The number of halogens is 2. The third-order valence-electron chi connectivity index (χ3n) is 2.69. The highest BCUT2D eigenvalue weighted by atomic mass is 79.9. The minimum Gasteiger partial charge on any atom is -0.324 e. The Hall–Kier alpha value is -0.160. The summed E-state index contributed by atoms with van der Waals surface area (Å²) in [4.78, 5) is 1.31. The fraction of sp³-hybridized carbons (Fsp3) is 0.231. The monoisotopic (exact) mass is 373 g/mol. The Kier molecular flexibility index (Phi) is 4.42. The van der Waals surface area contributed by atoms with E-state index in [1.54, 1.807) is 11.3 Å². The molecule has 0 fully saturated rings. The molecule has 0 aliphatic rings. The quantitative estimate of drug-likeness (QED) is 0.818. The molecule has 90 valence electrons. The predicted octanol–water partition coefficient (Wildman–Crippen LogP) is 4.82. The summed E-state index contributed by atoms with van der Waals surface area (Å²) in [6.45, 7) is 2.10. The molecule has 0 radical (unpaired) electrons. The molecule has 1 nitrogen and oxygen atoms in total. The summed E-state index contributed by atoms with van der Waals surface area (Å²) in [5.74, 6) is 0. The van der Waals surface area contributed by atoms with Crippen LogP contribution in [0.5, 0.6) is 0 Å². The molecule has 17 heavy (non-hydrogen) atoms. The van der Waals surface area contributed by atoms with Crippen LogP contribution in [0, 0.1) is 6.92 Å². The molecule has 2 N–H and O–H groups in total. The lowest BCUT2D eigenvalue weighted by atomic mass is 9.99. The van der Waals surface area contributed by atoms with E-state index in [9.17, 15) is 0 Å². The maximum absolute atomic E-state index is 6.28. The molecule has 1 aromatic carbocycles. The molecular weight excluding hydrogens is 362 g/mol. The Morgan fingerprint density at radius 2 is 2.00 bits per heavy atom. The largest absolute Gasteiger partial charge is 0.324 e. The van der Waals surface area contributed by atoms with Crippen LogP contribution in [0.2, 0.25) is 0 Å². The fourth-order valence-electron chi connectivity index (χ4n) is 1.80. The molecule has 2 aromatic rings. The summed E-state index contributed by atoms with van der Waals surface area (Å²) >= 11 is 8.71. The van der Waals surface area contributed by atoms with Crippen molar-refractivity contribution in [1.29, 1.82) is 0 Å². The lowest BCUT2D eigenvalue weighted by Gasteiger charge is -2.14. The minimum atomic E-state index is 0.0537. The summed E-state index contributed by atoms with van der Waals surface area (Å²) in [5, 5.41) is 0. The lowest BCUT2D eigenvalue weighted by Crippen LogP contribution is -2.14. The number of benzene rings is 1. The van der Waals surface area contributed by atoms with Crippen molar-refractivity contribution >= 4 is 43.2 Å². The SMILES string of the molecule is Cc1ccc(Br)cc1C(N)Cc1ccc(Br)s1. The fourth-order valence-corrected chi connectivity index (χ4v) is 3.72. The first-order valence-electron chi connectivity index (χ1n) is 5.32. The molecule has 0 spiro atoms. The number of hydrogen-bond acceptors (Lipinski definition) is 2. The van der Waals surface area contributed by atoms with Gasteiger partial charge in [0.2, 0.25) is 0 Å². The van der Waals surface area contributed by atoms with Crippen molar-refractivity contribution in [3.63, 3.8) is 0 Å². The van der Waals surface area contributed by atoms with Crippen molar-refractivity contribution in [2.24, 2.45) is 5.73 Å². The van der Waals surface area contributed by atoms with Gasteiger partial charge in [0.05, 0.1) is 3.79 Å². The van der Waals surface area contributed by atoms with Crippen LogP contribution in [0.3, 0.4) is 0 Å². The van der Waals surface area contributed by atoms with Gasteiger partial charge in [0.25, 0.3) is 0 Å². The molecule has 0 bridgehead atoms. The van der Waals surface area contributed by atoms with Crippen LogP contribution < -0.4 is 5.73 Å². The van der Waals surface area contributed by atoms with Crippen LogP contribution in [-0.4, -0.2) is 0 Å². The van der Waals surface area contributed by atoms with E-state index in [4.69, 9.17) is 5.73 Å². The highest BCUT2D eigenvalue weighted by Crippen LogP contribution is 2.28. The zero-order valence-corrected chi connectivity index (χ0v) is 13.4. The van der Waals surface area contributed by atoms with Crippen LogP contribution in [0.15, 0.2) is 38.6 Å². The van der Waals surface area contributed by atoms with Crippen molar-refractivity contribution in [3.05, 3.63) is 54.6 Å². The van der Waals surface area contributed by atoms with E-state index in [1.807, 2.05) is 6.07 Å². The molecule has 4 heteroatoms. The van der Waals surface area contributed by atoms with E-state index >= 15 is 0 Å². The molecule has 0 saturated carbocycles. The Labute approximate surface area is 122 Å². The normalized spacial score (nSPS) is 12.7. The van der Waals surface area contributed by atoms with Gasteiger partial charge in [-0.1, -0.05) is 22.0 Å². The van der Waals surface area contributed by atoms with Gasteiger partial charge >= 0.3 is 0 Å². The average Bonchev–Trinajstić information content (AvgIpc) is 2.67. The van der Waals surface area contributed by atoms with Gasteiger partial charge in [-0.05, 0) is 58.2 Å². The van der Waals surface area contributed by atoms with Crippen LogP contribution >= 0.6 is 43.2 Å². The second-order valence-electron chi connectivity index (χ2n) is 4.02. The first-order chi connectivity index (χ1) is 8.06. The van der Waals surface area contributed by atoms with Gasteiger partial charge in [0.15, 0.2) is 0 Å². The van der Waals surface area contributed by atoms with E-state index in [-0.39, 0.29) is 6.04 Å². The van der Waals surface area contributed by atoms with Crippen molar-refractivity contribution in [2.75, 3.05) is 0 Å². The van der Waals surface area contributed by atoms with E-state index in [0.717, 1.165) is 14.7 Å². The lowest BCUT2D eigenvalue weighted by molar-refractivity contribution is 0.724. The van der Waals surface area contributed by atoms with Crippen molar-refractivity contribution in [1.82, 2.24) is 0 Å². The van der Waals surface area contributed by atoms with Crippen LogP contribution in [0.1, 0.15) is 22.0 Å². The third kappa shape index (κ3) is 3.41. The summed E-state index contributed by atoms with van der Waals surface area (Å²) < 4.78 is 2.24. The van der Waals surface area contributed by atoms with E-state index in [2.05, 4.69) is 63.0 Å². The Morgan fingerprint density at radius 1 is 1.24 bits per heavy atom. The first kappa shape index (κ1) is 13.3. The average molecular weight is 375 g/mol. The minimum absolute atomic E-state index is 0.0537. The van der Waals surface area contributed by atoms with Gasteiger partial charge in [0, 0.05) is 21.8 Å². The molecular formula is C13H13Br2NS. The van der Waals surface area contributed by atoms with Crippen molar-refractivity contribution < 1.29 is 0 Å². The van der Waals surface area contributed by atoms with Crippen LogP contribution in [0.25, 0.3) is 0 Å². The van der Waals surface area contributed by atoms with Crippen LogP contribution in [0.4, 0.5) is 0 Å². The van der Waals surface area contributed by atoms with Gasteiger partial charge in [-0.2, -0.15) is 0 Å². The summed E-state index contributed by atoms with van der Waals surface area (Å²) in [7, 11) is 0. The zero-order valence-electron chi connectivity index (χ0n) is 9.41. The first-order valence-corrected chi connectivity index (χ1v) is 7.72. The number of hydrogen-bond donors (Lipinski definition) is 1. The predicted molar refractivity (Wildman–Crippen MR) is 81.5 cm³/mol. The zero-order chi connectivity index (χ0) is 12.4. The van der Waals surface area contributed by atoms with Gasteiger partial charge < -0.3 is 5.73 Å². The molecule has 0 saturated heterocycles. The number of thiophene rings is 1. The van der Waals surface area contributed by atoms with Gasteiger partial charge in [-0.3, -0.25) is 0 Å². The number of rotatable bonds is 3. The molecule has 0 amide bonds. The second-order valence-corrected chi connectivity index (χ2v) is 7.48. The van der Waals surface area contributed by atoms with E-state index < -0.39 is 0 Å². The van der Waals surface area contributed by atoms with E-state index in [0.29, 0.717) is 0 Å². The smallest absolute Gasteiger partial charge is 0.0701 e. The maximum Gasteiger partial charge on any atom is 0.0701 e. The molecule has 0 aliphatic heterocycles. The highest BCUT2D eigenvalue weighted by Gasteiger charge is 2.11. The molecule has 2 rings (SSSR count). The third-order valence-corrected chi connectivity index (χ3v) is 4.83. The Bertz CT molecular complexity index is 522. The summed E-state index contributed by atoms with van der Waals surface area (Å²) in [6, 6.07) is 10.5. The van der Waals surface area contributed by atoms with E-state index in [1.165, 1.54) is 16.0 Å². The number of aryl methyl sites for hydroxylation is 1. The van der Waals surface area contributed by atoms with Gasteiger partial charge in [0.1, 0.15) is 0 Å². The van der Waals surface area contributed by atoms with Crippen molar-refractivity contribution in [2.45, 2.75) is 19.4 Å². The van der Waals surface area contributed by atoms with Crippen LogP contribution in [-0.2, 0) is 6.42 Å². The maximum atomic E-state index is 6.28. The second kappa shape index (κ2) is 5.65. The highest BCUT2D eigenvalue weighted by molar-refractivity contribution is 9.11. The molecule has 1 aromatic heterocycles. The van der Waals surface area contributed by atoms with Crippen molar-refractivity contribution in [3.8, 4) is 0 Å². The Morgan fingerprint density at radius 3 is 2.65 bits per heavy atom. The summed E-state index contributed by atoms with van der Waals surface area (Å²) in [5.41, 5.74) is 8.74. The summed E-state index contributed by atoms with van der Waals surface area (Å²) in [6.07, 6.45) is 0.883. The van der Waals surface area contributed by atoms with Gasteiger partial charge in [-0.15, -0.1) is 11.3 Å². The Balaban J connectivity index is 2.19. The number of nitrogens with two attached hydrogens (primary N) is 1. The molecule has 1 heterocycles. The topological polar surface area (TPSA) is 26.0 Å².